The molecule has 6 aromatic carbocycles. The number of phenols is 2. The summed E-state index contributed by atoms with van der Waals surface area (Å²) in [4.78, 5) is 2.31. The summed E-state index contributed by atoms with van der Waals surface area (Å²) in [6, 6.07) is 44.5. The molecule has 0 spiro atoms. The lowest BCUT2D eigenvalue weighted by Gasteiger charge is -2.27. The zero-order valence-corrected chi connectivity index (χ0v) is 23.4. The topological polar surface area (TPSA) is 43.7 Å². The molecule has 0 saturated heterocycles. The summed E-state index contributed by atoms with van der Waals surface area (Å²) in [5, 5.41) is 21.5. The van der Waals surface area contributed by atoms with Gasteiger partial charge in [-0.25, -0.2) is 0 Å². The minimum atomic E-state index is 0.263. The van der Waals surface area contributed by atoms with E-state index in [-0.39, 0.29) is 11.5 Å². The van der Waals surface area contributed by atoms with Crippen molar-refractivity contribution in [2.45, 2.75) is 6.92 Å². The first-order valence-electron chi connectivity index (χ1n) is 14.0. The smallest absolute Gasteiger partial charge is 0.115 e. The fourth-order valence-corrected chi connectivity index (χ4v) is 5.05. The number of phenolic OH excluding ortho intramolecular Hbond substituents is 2. The molecule has 0 amide bonds. The summed E-state index contributed by atoms with van der Waals surface area (Å²) in [6.07, 6.45) is 8.33. The van der Waals surface area contributed by atoms with Crippen LogP contribution < -0.4 is 4.90 Å². The molecule has 6 aromatic rings. The van der Waals surface area contributed by atoms with Gasteiger partial charge in [0.15, 0.2) is 0 Å². The minimum Gasteiger partial charge on any atom is -0.508 e. The molecule has 0 aliphatic heterocycles. The summed E-state index contributed by atoms with van der Waals surface area (Å²) < 4.78 is 0. The molecule has 0 radical (unpaired) electrons. The van der Waals surface area contributed by atoms with E-state index in [0.29, 0.717) is 0 Å². The van der Waals surface area contributed by atoms with Crippen LogP contribution in [0.3, 0.4) is 0 Å². The molecule has 0 bridgehead atoms. The van der Waals surface area contributed by atoms with Gasteiger partial charge < -0.3 is 15.1 Å². The van der Waals surface area contributed by atoms with E-state index >= 15 is 0 Å². The second-order valence-corrected chi connectivity index (χ2v) is 10.3. The van der Waals surface area contributed by atoms with Crippen LogP contribution in [0.2, 0.25) is 0 Å². The van der Waals surface area contributed by atoms with Crippen LogP contribution in [0.15, 0.2) is 133 Å². The number of aryl methyl sites for hydroxylation is 1. The van der Waals surface area contributed by atoms with Crippen LogP contribution in [-0.4, -0.2) is 10.2 Å². The van der Waals surface area contributed by atoms with Gasteiger partial charge in [-0.15, -0.1) is 0 Å². The summed E-state index contributed by atoms with van der Waals surface area (Å²) in [7, 11) is 0. The van der Waals surface area contributed by atoms with Gasteiger partial charge in [-0.1, -0.05) is 109 Å². The average molecular weight is 546 g/mol. The SMILES string of the molecule is Cc1ccc(N(c2ccc(C=Cc3ccc(O)cc3)cc2)c2ccc(C=Cc3ccc(O)cc3)c3ccccc23)cc1. The quantitative estimate of drug-likeness (QED) is 0.196. The van der Waals surface area contributed by atoms with Gasteiger partial charge in [0.1, 0.15) is 11.5 Å². The van der Waals surface area contributed by atoms with E-state index in [9.17, 15) is 10.2 Å². The van der Waals surface area contributed by atoms with Crippen LogP contribution >= 0.6 is 0 Å². The van der Waals surface area contributed by atoms with Crippen molar-refractivity contribution in [3.05, 3.63) is 161 Å². The molecule has 0 aliphatic carbocycles. The molecule has 3 nitrogen and oxygen atoms in total. The highest BCUT2D eigenvalue weighted by Crippen LogP contribution is 2.40. The Labute approximate surface area is 246 Å². The van der Waals surface area contributed by atoms with Crippen molar-refractivity contribution < 1.29 is 10.2 Å². The second kappa shape index (κ2) is 11.9. The fraction of sp³-hybridized carbons (Fsp3) is 0.0256. The van der Waals surface area contributed by atoms with Gasteiger partial charge in [-0.05, 0) is 89.2 Å². The van der Waals surface area contributed by atoms with E-state index < -0.39 is 0 Å². The van der Waals surface area contributed by atoms with Gasteiger partial charge in [0.2, 0.25) is 0 Å². The third kappa shape index (κ3) is 5.96. The molecule has 0 unspecified atom stereocenters. The maximum Gasteiger partial charge on any atom is 0.115 e. The molecule has 0 aromatic heterocycles. The Bertz CT molecular complexity index is 1870. The Balaban J connectivity index is 1.39. The molecule has 2 N–H and O–H groups in total. The van der Waals surface area contributed by atoms with Crippen molar-refractivity contribution in [3.8, 4) is 11.5 Å². The highest BCUT2D eigenvalue weighted by molar-refractivity contribution is 6.03. The third-order valence-corrected chi connectivity index (χ3v) is 7.33. The Morgan fingerprint density at radius 2 is 0.905 bits per heavy atom. The molecule has 0 aliphatic rings. The third-order valence-electron chi connectivity index (χ3n) is 7.33. The van der Waals surface area contributed by atoms with Crippen molar-refractivity contribution in [2.75, 3.05) is 4.90 Å². The molecule has 0 atom stereocenters. The number of nitrogens with zero attached hydrogens (tertiary/aromatic N) is 1. The van der Waals surface area contributed by atoms with E-state index in [2.05, 4.69) is 115 Å². The van der Waals surface area contributed by atoms with Crippen LogP contribution in [0.4, 0.5) is 17.1 Å². The highest BCUT2D eigenvalue weighted by Gasteiger charge is 2.16. The van der Waals surface area contributed by atoms with Crippen LogP contribution in [-0.2, 0) is 0 Å². The predicted octanol–water partition coefficient (Wildman–Crippen LogP) is 10.4. The molecule has 0 heterocycles. The zero-order chi connectivity index (χ0) is 28.9. The van der Waals surface area contributed by atoms with Gasteiger partial charge in [-0.3, -0.25) is 0 Å². The molecule has 6 rings (SSSR count). The average Bonchev–Trinajstić information content (AvgIpc) is 3.02. The maximum atomic E-state index is 9.63. The van der Waals surface area contributed by atoms with E-state index in [1.165, 1.54) is 5.56 Å². The summed E-state index contributed by atoms with van der Waals surface area (Å²) >= 11 is 0. The van der Waals surface area contributed by atoms with Gasteiger partial charge in [0.25, 0.3) is 0 Å². The molecular weight excluding hydrogens is 514 g/mol. The monoisotopic (exact) mass is 545 g/mol. The van der Waals surface area contributed by atoms with Crippen molar-refractivity contribution >= 4 is 52.1 Å². The standard InChI is InChI=1S/C39H31NO2/c1-28-6-19-33(20-7-28)40(34-21-11-29(12-22-34)8-9-30-13-23-35(41)24-14-30)39-27-18-32(37-4-2-3-5-38(37)39)17-10-31-15-25-36(42)26-16-31/h2-27,41-42H,1H3. The van der Waals surface area contributed by atoms with Crippen LogP contribution in [0.25, 0.3) is 35.1 Å². The first kappa shape index (κ1) is 26.7. The first-order valence-corrected chi connectivity index (χ1v) is 14.0. The molecule has 42 heavy (non-hydrogen) atoms. The first-order chi connectivity index (χ1) is 20.5. The number of fused-ring (bicyclic) bond motifs is 1. The van der Waals surface area contributed by atoms with Crippen molar-refractivity contribution in [3.63, 3.8) is 0 Å². The lowest BCUT2D eigenvalue weighted by atomic mass is 10.00. The second-order valence-electron chi connectivity index (χ2n) is 10.3. The lowest BCUT2D eigenvalue weighted by molar-refractivity contribution is 0.474. The molecule has 0 saturated carbocycles. The molecule has 204 valence electrons. The van der Waals surface area contributed by atoms with E-state index in [1.54, 1.807) is 24.3 Å². The largest absolute Gasteiger partial charge is 0.508 e. The van der Waals surface area contributed by atoms with E-state index in [4.69, 9.17) is 0 Å². The predicted molar refractivity (Wildman–Crippen MR) is 177 cm³/mol. The van der Waals surface area contributed by atoms with Crippen molar-refractivity contribution in [1.82, 2.24) is 0 Å². The number of benzene rings is 6. The van der Waals surface area contributed by atoms with Crippen molar-refractivity contribution in [2.24, 2.45) is 0 Å². The maximum absolute atomic E-state index is 9.63. The van der Waals surface area contributed by atoms with Gasteiger partial charge in [0.05, 0.1) is 5.69 Å². The Hall–Kier alpha value is -5.54. The van der Waals surface area contributed by atoms with Gasteiger partial charge >= 0.3 is 0 Å². The van der Waals surface area contributed by atoms with Gasteiger partial charge in [0, 0.05) is 16.8 Å². The van der Waals surface area contributed by atoms with Crippen molar-refractivity contribution in [1.29, 1.82) is 0 Å². The minimum absolute atomic E-state index is 0.263. The lowest BCUT2D eigenvalue weighted by Crippen LogP contribution is -2.10. The summed E-state index contributed by atoms with van der Waals surface area (Å²) in [5.74, 6) is 0.529. The summed E-state index contributed by atoms with van der Waals surface area (Å²) in [5.41, 5.74) is 8.75. The Kier molecular flexibility index (Phi) is 7.56. The number of anilines is 3. The van der Waals surface area contributed by atoms with Crippen LogP contribution in [0, 0.1) is 6.92 Å². The number of hydrogen-bond donors (Lipinski definition) is 2. The van der Waals surface area contributed by atoms with E-state index in [0.717, 1.165) is 50.1 Å². The number of rotatable bonds is 7. The van der Waals surface area contributed by atoms with Crippen LogP contribution in [0.5, 0.6) is 11.5 Å². The van der Waals surface area contributed by atoms with Crippen LogP contribution in [0.1, 0.15) is 27.8 Å². The van der Waals surface area contributed by atoms with E-state index in [1.807, 2.05) is 30.3 Å². The highest BCUT2D eigenvalue weighted by atomic mass is 16.3. The molecular formula is C39H31NO2. The molecule has 0 fully saturated rings. The summed E-state index contributed by atoms with van der Waals surface area (Å²) in [6.45, 7) is 2.11. The zero-order valence-electron chi connectivity index (χ0n) is 23.4. The Morgan fingerprint density at radius 3 is 1.45 bits per heavy atom. The number of aromatic hydroxyl groups is 2. The Morgan fingerprint density at radius 1 is 0.452 bits per heavy atom. The normalized spacial score (nSPS) is 11.5. The fourth-order valence-electron chi connectivity index (χ4n) is 5.05. The van der Waals surface area contributed by atoms with Gasteiger partial charge in [-0.2, -0.15) is 0 Å². The molecule has 3 heteroatoms. The number of hydrogen-bond acceptors (Lipinski definition) is 3.